The SMILES string of the molecule is C[S@@](=O)Cc1cccc(NCc2cnn(-c3ccccc3)n2)c1. The molecule has 6 heteroatoms. The van der Waals surface area contributed by atoms with E-state index in [1.54, 1.807) is 17.2 Å². The van der Waals surface area contributed by atoms with E-state index >= 15 is 0 Å². The second-order valence-corrected chi connectivity index (χ2v) is 6.67. The molecule has 1 atom stereocenters. The lowest BCUT2D eigenvalue weighted by atomic mass is 10.2. The van der Waals surface area contributed by atoms with Crippen molar-refractivity contribution in [2.45, 2.75) is 12.3 Å². The summed E-state index contributed by atoms with van der Waals surface area (Å²) < 4.78 is 11.3. The largest absolute Gasteiger partial charge is 0.379 e. The Balaban J connectivity index is 1.65. The highest BCUT2D eigenvalue weighted by molar-refractivity contribution is 7.83. The molecule has 1 N–H and O–H groups in total. The van der Waals surface area contributed by atoms with E-state index in [1.807, 2.05) is 54.6 Å². The molecule has 3 aromatic rings. The van der Waals surface area contributed by atoms with Gasteiger partial charge >= 0.3 is 0 Å². The Morgan fingerprint density at radius 2 is 1.96 bits per heavy atom. The zero-order valence-electron chi connectivity index (χ0n) is 12.8. The molecular formula is C17H18N4OS. The summed E-state index contributed by atoms with van der Waals surface area (Å²) in [5, 5.41) is 12.1. The second-order valence-electron chi connectivity index (χ2n) is 5.23. The minimum atomic E-state index is -0.836. The summed E-state index contributed by atoms with van der Waals surface area (Å²) in [6, 6.07) is 17.8. The first kappa shape index (κ1) is 15.4. The first-order valence-corrected chi connectivity index (χ1v) is 9.03. The minimum Gasteiger partial charge on any atom is -0.379 e. The summed E-state index contributed by atoms with van der Waals surface area (Å²) in [4.78, 5) is 1.62. The van der Waals surface area contributed by atoms with E-state index in [9.17, 15) is 4.21 Å². The van der Waals surface area contributed by atoms with Gasteiger partial charge in [-0.1, -0.05) is 30.3 Å². The third-order valence-corrected chi connectivity index (χ3v) is 4.04. The molecule has 0 aliphatic carbocycles. The van der Waals surface area contributed by atoms with Crippen molar-refractivity contribution in [1.82, 2.24) is 15.0 Å². The first-order chi connectivity index (χ1) is 11.2. The molecule has 2 aromatic carbocycles. The molecule has 118 valence electrons. The lowest BCUT2D eigenvalue weighted by Crippen LogP contribution is -2.03. The van der Waals surface area contributed by atoms with Crippen LogP contribution < -0.4 is 5.32 Å². The highest BCUT2D eigenvalue weighted by Gasteiger charge is 2.03. The van der Waals surface area contributed by atoms with E-state index in [2.05, 4.69) is 15.5 Å². The Morgan fingerprint density at radius 1 is 1.13 bits per heavy atom. The zero-order valence-corrected chi connectivity index (χ0v) is 13.7. The van der Waals surface area contributed by atoms with Crippen molar-refractivity contribution in [1.29, 1.82) is 0 Å². The van der Waals surface area contributed by atoms with Gasteiger partial charge in [0.1, 0.15) is 5.69 Å². The number of hydrogen-bond donors (Lipinski definition) is 1. The molecule has 0 saturated heterocycles. The van der Waals surface area contributed by atoms with E-state index in [0.717, 1.165) is 22.6 Å². The average molecular weight is 326 g/mol. The van der Waals surface area contributed by atoms with Crippen molar-refractivity contribution in [2.24, 2.45) is 0 Å². The van der Waals surface area contributed by atoms with Crippen LogP contribution in [-0.2, 0) is 23.1 Å². The van der Waals surface area contributed by atoms with Crippen LogP contribution >= 0.6 is 0 Å². The molecule has 0 spiro atoms. The monoisotopic (exact) mass is 326 g/mol. The minimum absolute atomic E-state index is 0.569. The molecule has 3 rings (SSSR count). The predicted octanol–water partition coefficient (Wildman–Crippen LogP) is 2.76. The van der Waals surface area contributed by atoms with E-state index in [0.29, 0.717) is 12.3 Å². The molecule has 0 fully saturated rings. The van der Waals surface area contributed by atoms with Crippen molar-refractivity contribution >= 4 is 16.5 Å². The highest BCUT2D eigenvalue weighted by atomic mass is 32.2. The van der Waals surface area contributed by atoms with Crippen LogP contribution in [0, 0.1) is 0 Å². The number of rotatable bonds is 6. The number of anilines is 1. The fourth-order valence-corrected chi connectivity index (χ4v) is 2.91. The fraction of sp³-hybridized carbons (Fsp3) is 0.176. The summed E-state index contributed by atoms with van der Waals surface area (Å²) in [7, 11) is -0.836. The van der Waals surface area contributed by atoms with Crippen molar-refractivity contribution < 1.29 is 4.21 Å². The van der Waals surface area contributed by atoms with Crippen LogP contribution in [0.25, 0.3) is 5.69 Å². The average Bonchev–Trinajstić information content (AvgIpc) is 3.02. The molecule has 0 radical (unpaired) electrons. The zero-order chi connectivity index (χ0) is 16.1. The maximum Gasteiger partial charge on any atom is 0.102 e. The van der Waals surface area contributed by atoms with Gasteiger partial charge < -0.3 is 5.32 Å². The Labute approximate surface area is 137 Å². The lowest BCUT2D eigenvalue weighted by Gasteiger charge is -2.06. The van der Waals surface area contributed by atoms with Crippen molar-refractivity contribution in [3.63, 3.8) is 0 Å². The van der Waals surface area contributed by atoms with Crippen LogP contribution in [0.2, 0.25) is 0 Å². The third-order valence-electron chi connectivity index (χ3n) is 3.30. The number of nitrogens with one attached hydrogen (secondary N) is 1. The standard InChI is InChI=1S/C17H18N4OS/c1-23(22)13-14-6-5-7-15(10-14)18-11-16-12-19-21(20-16)17-8-3-2-4-9-17/h2-10,12,18H,11,13H2,1H3/t23-/m1/s1. The van der Waals surface area contributed by atoms with Gasteiger partial charge in [-0.2, -0.15) is 15.0 Å². The molecule has 23 heavy (non-hydrogen) atoms. The van der Waals surface area contributed by atoms with Crippen LogP contribution in [0.1, 0.15) is 11.3 Å². The van der Waals surface area contributed by atoms with Crippen LogP contribution in [0.15, 0.2) is 60.8 Å². The van der Waals surface area contributed by atoms with E-state index in [4.69, 9.17) is 0 Å². The second kappa shape index (κ2) is 7.19. The predicted molar refractivity (Wildman–Crippen MR) is 92.9 cm³/mol. The Hall–Kier alpha value is -2.47. The van der Waals surface area contributed by atoms with Gasteiger partial charge in [0.05, 0.1) is 18.4 Å². The molecular weight excluding hydrogens is 308 g/mol. The quantitative estimate of drug-likeness (QED) is 0.757. The van der Waals surface area contributed by atoms with E-state index < -0.39 is 10.8 Å². The van der Waals surface area contributed by atoms with Gasteiger partial charge in [-0.25, -0.2) is 0 Å². The Bertz CT molecular complexity index is 801. The molecule has 1 heterocycles. The number of hydrogen-bond acceptors (Lipinski definition) is 4. The van der Waals surface area contributed by atoms with Gasteiger partial charge in [0, 0.05) is 28.5 Å². The molecule has 0 amide bonds. The number of benzene rings is 2. The van der Waals surface area contributed by atoms with Gasteiger partial charge in [-0.05, 0) is 29.8 Å². The Morgan fingerprint density at radius 3 is 2.74 bits per heavy atom. The molecule has 0 bridgehead atoms. The van der Waals surface area contributed by atoms with Crippen LogP contribution in [0.3, 0.4) is 0 Å². The number of nitrogens with zero attached hydrogens (tertiary/aromatic N) is 3. The maximum atomic E-state index is 11.3. The van der Waals surface area contributed by atoms with Crippen molar-refractivity contribution in [3.05, 3.63) is 72.1 Å². The highest BCUT2D eigenvalue weighted by Crippen LogP contribution is 2.13. The number of para-hydroxylation sites is 1. The topological polar surface area (TPSA) is 59.8 Å². The van der Waals surface area contributed by atoms with Crippen LogP contribution in [0.4, 0.5) is 5.69 Å². The van der Waals surface area contributed by atoms with E-state index in [-0.39, 0.29) is 0 Å². The summed E-state index contributed by atoms with van der Waals surface area (Å²) >= 11 is 0. The summed E-state index contributed by atoms with van der Waals surface area (Å²) in [6.07, 6.45) is 3.47. The number of aromatic nitrogens is 3. The molecule has 0 aliphatic heterocycles. The van der Waals surface area contributed by atoms with Gasteiger partial charge in [-0.15, -0.1) is 0 Å². The van der Waals surface area contributed by atoms with Gasteiger partial charge in [0.15, 0.2) is 0 Å². The van der Waals surface area contributed by atoms with Crippen LogP contribution in [-0.4, -0.2) is 25.5 Å². The molecule has 0 saturated carbocycles. The van der Waals surface area contributed by atoms with Crippen molar-refractivity contribution in [3.8, 4) is 5.69 Å². The molecule has 0 unspecified atom stereocenters. The Kier molecular flexibility index (Phi) is 4.83. The summed E-state index contributed by atoms with van der Waals surface area (Å²) in [5.74, 6) is 0.569. The van der Waals surface area contributed by atoms with Crippen molar-refractivity contribution in [2.75, 3.05) is 11.6 Å². The first-order valence-electron chi connectivity index (χ1n) is 7.30. The van der Waals surface area contributed by atoms with Gasteiger partial charge in [0.2, 0.25) is 0 Å². The smallest absolute Gasteiger partial charge is 0.102 e. The van der Waals surface area contributed by atoms with Gasteiger partial charge in [-0.3, -0.25) is 4.21 Å². The van der Waals surface area contributed by atoms with E-state index in [1.165, 1.54) is 0 Å². The lowest BCUT2D eigenvalue weighted by molar-refractivity contribution is 0.686. The molecule has 1 aromatic heterocycles. The molecule has 5 nitrogen and oxygen atoms in total. The van der Waals surface area contributed by atoms with Gasteiger partial charge in [0.25, 0.3) is 0 Å². The van der Waals surface area contributed by atoms with Crippen LogP contribution in [0.5, 0.6) is 0 Å². The third kappa shape index (κ3) is 4.26. The molecule has 0 aliphatic rings. The summed E-state index contributed by atoms with van der Waals surface area (Å²) in [6.45, 7) is 0.589. The normalized spacial score (nSPS) is 12.0. The maximum absolute atomic E-state index is 11.3. The summed E-state index contributed by atoms with van der Waals surface area (Å²) in [5.41, 5.74) is 3.84. The fourth-order valence-electron chi connectivity index (χ4n) is 2.26.